The van der Waals surface area contributed by atoms with Crippen LogP contribution in [0.15, 0.2) is 57.0 Å². The van der Waals surface area contributed by atoms with Crippen molar-refractivity contribution < 1.29 is 0 Å². The molecule has 0 radical (unpaired) electrons. The van der Waals surface area contributed by atoms with Crippen molar-refractivity contribution in [2.24, 2.45) is 10.8 Å². The Kier molecular flexibility index (Phi) is 5.16. The van der Waals surface area contributed by atoms with E-state index in [-0.39, 0.29) is 15.9 Å². The van der Waals surface area contributed by atoms with Crippen LogP contribution in [-0.4, -0.2) is 24.2 Å². The van der Waals surface area contributed by atoms with Crippen molar-refractivity contribution >= 4 is 24.2 Å². The quantitative estimate of drug-likeness (QED) is 0.373. The van der Waals surface area contributed by atoms with Gasteiger partial charge in [0.2, 0.25) is 0 Å². The topological polar surface area (TPSA) is 0 Å². The highest BCUT2D eigenvalue weighted by atomic mass is 28.3. The van der Waals surface area contributed by atoms with E-state index in [1.54, 1.807) is 11.1 Å². The highest BCUT2D eigenvalue weighted by Gasteiger charge is 2.70. The lowest BCUT2D eigenvalue weighted by Crippen LogP contribution is -2.64. The SMILES string of the molecule is CC1=CC(C(C)(C)C)=C[C@]2(C)C1=CC=C1C([Si](C)(C)C)=C([Si](C)(C)C)[C@]12[Si](C)(C)C. The number of allylic oxidation sites excluding steroid dienone is 10. The summed E-state index contributed by atoms with van der Waals surface area (Å²) in [5.41, 5.74) is 6.56. The fraction of sp³-hybridized carbons (Fsp3) is 0.630. The van der Waals surface area contributed by atoms with Gasteiger partial charge in [-0.05, 0) is 34.6 Å². The first kappa shape index (κ1) is 24.0. The zero-order chi connectivity index (χ0) is 23.3. The summed E-state index contributed by atoms with van der Waals surface area (Å²) in [4.78, 5) is 0. The average Bonchev–Trinajstić information content (AvgIpc) is 2.42. The Morgan fingerprint density at radius 1 is 0.767 bits per heavy atom. The first-order chi connectivity index (χ1) is 13.2. The van der Waals surface area contributed by atoms with Crippen molar-refractivity contribution in [2.75, 3.05) is 0 Å². The van der Waals surface area contributed by atoms with Gasteiger partial charge in [-0.25, -0.2) is 0 Å². The molecule has 0 saturated carbocycles. The molecule has 3 rings (SSSR count). The number of rotatable bonds is 3. The van der Waals surface area contributed by atoms with Crippen molar-refractivity contribution in [3.8, 4) is 0 Å². The number of hydrogen-bond donors (Lipinski definition) is 0. The average molecular weight is 455 g/mol. The van der Waals surface area contributed by atoms with Gasteiger partial charge in [0.15, 0.2) is 0 Å². The van der Waals surface area contributed by atoms with Crippen LogP contribution in [-0.2, 0) is 0 Å². The molecule has 0 aliphatic heterocycles. The molecule has 0 aromatic rings. The van der Waals surface area contributed by atoms with Crippen LogP contribution in [0.3, 0.4) is 0 Å². The molecule has 3 aliphatic carbocycles. The Morgan fingerprint density at radius 2 is 1.27 bits per heavy atom. The maximum atomic E-state index is 2.72. The molecule has 166 valence electrons. The van der Waals surface area contributed by atoms with Crippen LogP contribution >= 0.6 is 0 Å². The standard InChI is InChI=1S/C27H46Si3/c1-19-17-20(25(2,3)4)18-26(5)21(19)15-16-22-23(28(6,7)8)24(29(9,10)11)27(22,26)30(12,13)14/h15-18H,1-14H3/t26-,27-/m1/s1. The summed E-state index contributed by atoms with van der Waals surface area (Å²) in [7, 11) is -4.59. The third-order valence-electron chi connectivity index (χ3n) is 7.79. The minimum absolute atomic E-state index is 0.0712. The molecule has 0 aromatic carbocycles. The van der Waals surface area contributed by atoms with Gasteiger partial charge in [0.1, 0.15) is 0 Å². The van der Waals surface area contributed by atoms with E-state index in [4.69, 9.17) is 0 Å². The summed E-state index contributed by atoms with van der Waals surface area (Å²) in [5.74, 6) is 0. The largest absolute Gasteiger partial charge is 0.0774 e. The molecule has 3 aliphatic rings. The van der Waals surface area contributed by atoms with E-state index < -0.39 is 24.2 Å². The van der Waals surface area contributed by atoms with Crippen LogP contribution in [0.2, 0.25) is 64.0 Å². The van der Waals surface area contributed by atoms with Crippen LogP contribution in [0.4, 0.5) is 0 Å². The Labute approximate surface area is 190 Å². The fourth-order valence-electron chi connectivity index (χ4n) is 6.97. The van der Waals surface area contributed by atoms with Crippen LogP contribution in [0.25, 0.3) is 0 Å². The highest BCUT2D eigenvalue weighted by molar-refractivity contribution is 6.96. The highest BCUT2D eigenvalue weighted by Crippen LogP contribution is 2.78. The Balaban J connectivity index is 2.51. The van der Waals surface area contributed by atoms with Crippen molar-refractivity contribution in [1.82, 2.24) is 0 Å². The monoisotopic (exact) mass is 454 g/mol. The predicted octanol–water partition coefficient (Wildman–Crippen LogP) is 8.94. The molecular weight excluding hydrogens is 409 g/mol. The summed E-state index contributed by atoms with van der Waals surface area (Å²) in [6.07, 6.45) is 10.3. The van der Waals surface area contributed by atoms with Gasteiger partial charge in [0.25, 0.3) is 0 Å². The third-order valence-corrected chi connectivity index (χ3v) is 15.7. The van der Waals surface area contributed by atoms with Crippen molar-refractivity contribution in [3.63, 3.8) is 0 Å². The Morgan fingerprint density at radius 3 is 1.67 bits per heavy atom. The lowest BCUT2D eigenvalue weighted by Gasteiger charge is -2.70. The van der Waals surface area contributed by atoms with Gasteiger partial charge in [-0.3, -0.25) is 0 Å². The molecule has 0 heterocycles. The lowest BCUT2D eigenvalue weighted by atomic mass is 9.55. The van der Waals surface area contributed by atoms with E-state index in [0.29, 0.717) is 0 Å². The molecule has 0 aromatic heterocycles. The van der Waals surface area contributed by atoms with E-state index in [2.05, 4.69) is 118 Å². The van der Waals surface area contributed by atoms with Crippen molar-refractivity contribution in [2.45, 2.75) is 98.6 Å². The fourth-order valence-corrected chi connectivity index (χ4v) is 19.8. The van der Waals surface area contributed by atoms with E-state index >= 15 is 0 Å². The van der Waals surface area contributed by atoms with Gasteiger partial charge in [-0.15, -0.1) is 0 Å². The minimum Gasteiger partial charge on any atom is -0.0727 e. The second-order valence-electron chi connectivity index (χ2n) is 14.3. The zero-order valence-corrected chi connectivity index (χ0v) is 25.3. The smallest absolute Gasteiger partial charge is 0.0727 e. The summed E-state index contributed by atoms with van der Waals surface area (Å²) in [6.45, 7) is 35.6. The molecule has 0 unspecified atom stereocenters. The van der Waals surface area contributed by atoms with Crippen LogP contribution in [0.1, 0.15) is 34.6 Å². The van der Waals surface area contributed by atoms with Gasteiger partial charge >= 0.3 is 0 Å². The molecular formula is C27H46Si3. The van der Waals surface area contributed by atoms with Gasteiger partial charge < -0.3 is 0 Å². The lowest BCUT2D eigenvalue weighted by molar-refractivity contribution is 0.376. The summed E-state index contributed by atoms with van der Waals surface area (Å²) >= 11 is 0. The Bertz CT molecular complexity index is 940. The van der Waals surface area contributed by atoms with E-state index in [9.17, 15) is 0 Å². The van der Waals surface area contributed by atoms with Gasteiger partial charge in [-0.2, -0.15) is 0 Å². The van der Waals surface area contributed by atoms with E-state index in [0.717, 1.165) is 0 Å². The second-order valence-corrected chi connectivity index (χ2v) is 29.5. The first-order valence-corrected chi connectivity index (χ1v) is 22.3. The van der Waals surface area contributed by atoms with Gasteiger partial charge in [0.05, 0.1) is 24.2 Å². The van der Waals surface area contributed by atoms with Crippen molar-refractivity contribution in [3.05, 3.63) is 57.0 Å². The molecule has 30 heavy (non-hydrogen) atoms. The first-order valence-electron chi connectivity index (χ1n) is 11.8. The zero-order valence-electron chi connectivity index (χ0n) is 22.3. The molecule has 3 heteroatoms. The number of hydrogen-bond acceptors (Lipinski definition) is 0. The maximum Gasteiger partial charge on any atom is 0.0774 e. The second kappa shape index (κ2) is 6.45. The third kappa shape index (κ3) is 3.02. The van der Waals surface area contributed by atoms with Gasteiger partial charge in [0, 0.05) is 10.5 Å². The predicted molar refractivity (Wildman–Crippen MR) is 145 cm³/mol. The minimum atomic E-state index is -1.63. The Hall–Kier alpha value is -0.649. The molecule has 2 atom stereocenters. The van der Waals surface area contributed by atoms with Crippen LogP contribution in [0, 0.1) is 10.8 Å². The summed E-state index contributed by atoms with van der Waals surface area (Å²) < 4.78 is 0. The molecule has 0 saturated heterocycles. The maximum absolute atomic E-state index is 2.72. The molecule has 0 amide bonds. The normalized spacial score (nSPS) is 29.9. The summed E-state index contributed by atoms with van der Waals surface area (Å²) in [6, 6.07) is 0. The van der Waals surface area contributed by atoms with Gasteiger partial charge in [-0.1, -0.05) is 121 Å². The number of fused-ring (bicyclic) bond motifs is 3. The molecule has 0 fully saturated rings. The summed E-state index contributed by atoms with van der Waals surface area (Å²) in [5, 5.41) is 4.00. The van der Waals surface area contributed by atoms with E-state index in [1.165, 1.54) is 11.1 Å². The molecule has 0 bridgehead atoms. The molecule has 0 N–H and O–H groups in total. The van der Waals surface area contributed by atoms with E-state index in [1.807, 2.05) is 10.4 Å². The molecule has 0 spiro atoms. The van der Waals surface area contributed by atoms with Crippen LogP contribution < -0.4 is 0 Å². The van der Waals surface area contributed by atoms with Crippen molar-refractivity contribution in [1.29, 1.82) is 0 Å². The van der Waals surface area contributed by atoms with Crippen LogP contribution in [0.5, 0.6) is 0 Å². The molecule has 0 nitrogen and oxygen atoms in total.